The molecule has 0 fully saturated rings. The van der Waals surface area contributed by atoms with Crippen LogP contribution < -0.4 is 14.2 Å². The van der Waals surface area contributed by atoms with Gasteiger partial charge in [0.15, 0.2) is 23.1 Å². The number of fused-ring (bicyclic) bond motifs is 2. The lowest BCUT2D eigenvalue weighted by atomic mass is 9.95. The molecule has 10 heteroatoms. The third kappa shape index (κ3) is 4.35. The third-order valence-corrected chi connectivity index (χ3v) is 6.84. The zero-order chi connectivity index (χ0) is 28.1. The number of carbonyl (C=O) groups is 2. The van der Waals surface area contributed by atoms with Crippen LogP contribution in [0.15, 0.2) is 66.7 Å². The van der Waals surface area contributed by atoms with Crippen molar-refractivity contribution < 1.29 is 49.3 Å². The number of phenolic OH excluding ortho intramolecular Hbond substituents is 5. The van der Waals surface area contributed by atoms with Crippen LogP contribution in [0.1, 0.15) is 56.9 Å². The largest absolute Gasteiger partial charge is 0.508 e. The summed E-state index contributed by atoms with van der Waals surface area (Å²) in [4.78, 5) is 25.5. The first-order chi connectivity index (χ1) is 19.2. The molecule has 0 saturated heterocycles. The number of hydrogen-bond donors (Lipinski definition) is 5. The number of ether oxygens (including phenoxy) is 3. The maximum atomic E-state index is 12.9. The summed E-state index contributed by atoms with van der Waals surface area (Å²) in [7, 11) is 0. The monoisotopic (exact) mass is 542 g/mol. The van der Waals surface area contributed by atoms with Gasteiger partial charge in [-0.2, -0.15) is 0 Å². The van der Waals surface area contributed by atoms with Crippen LogP contribution >= 0.6 is 0 Å². The van der Waals surface area contributed by atoms with Gasteiger partial charge in [0.25, 0.3) is 0 Å². The zero-order valence-corrected chi connectivity index (χ0v) is 20.7. The van der Waals surface area contributed by atoms with E-state index < -0.39 is 29.5 Å². The molecule has 2 aliphatic heterocycles. The van der Waals surface area contributed by atoms with Crippen LogP contribution in [0.5, 0.6) is 51.7 Å². The average Bonchev–Trinajstić information content (AvgIpc) is 2.90. The van der Waals surface area contributed by atoms with E-state index in [0.717, 1.165) is 6.07 Å². The summed E-state index contributed by atoms with van der Waals surface area (Å²) >= 11 is 0. The van der Waals surface area contributed by atoms with E-state index in [4.69, 9.17) is 14.2 Å². The molecule has 0 aliphatic carbocycles. The van der Waals surface area contributed by atoms with E-state index in [1.165, 1.54) is 36.4 Å². The van der Waals surface area contributed by atoms with Crippen LogP contribution in [0.2, 0.25) is 0 Å². The minimum absolute atomic E-state index is 0.00323. The van der Waals surface area contributed by atoms with Gasteiger partial charge in [0.2, 0.25) is 5.75 Å². The molecule has 0 spiro atoms. The van der Waals surface area contributed by atoms with E-state index in [1.807, 2.05) is 0 Å². The van der Waals surface area contributed by atoms with Crippen molar-refractivity contribution in [1.82, 2.24) is 0 Å². The summed E-state index contributed by atoms with van der Waals surface area (Å²) in [5.41, 5.74) is 1.16. The maximum absolute atomic E-state index is 12.9. The Morgan fingerprint density at radius 3 is 1.80 bits per heavy atom. The van der Waals surface area contributed by atoms with Gasteiger partial charge in [-0.15, -0.1) is 0 Å². The Morgan fingerprint density at radius 1 is 0.625 bits per heavy atom. The van der Waals surface area contributed by atoms with Crippen molar-refractivity contribution in [2.75, 3.05) is 0 Å². The molecule has 6 rings (SSSR count). The second-order valence-electron chi connectivity index (χ2n) is 9.51. The number of benzene rings is 4. The third-order valence-electron chi connectivity index (χ3n) is 6.84. The van der Waals surface area contributed by atoms with Crippen molar-refractivity contribution in [2.24, 2.45) is 0 Å². The standard InChI is InChI=1S/C30H22O10/c31-16-5-1-14(2-6-16)24-12-21(35)28-26(40-24)13-22(36)30(29(28)37)38-18-7-3-15(4-8-18)23-11-20(34)27-19(33)9-17(32)10-25(27)39-23/h1-10,13,23-24,31-33,36-37H,11-12H2. The quantitative estimate of drug-likeness (QED) is 0.225. The highest BCUT2D eigenvalue weighted by Gasteiger charge is 2.34. The maximum Gasteiger partial charge on any atom is 0.211 e. The van der Waals surface area contributed by atoms with Crippen molar-refractivity contribution in [3.05, 3.63) is 89.0 Å². The Morgan fingerprint density at radius 2 is 1.18 bits per heavy atom. The summed E-state index contributed by atoms with van der Waals surface area (Å²) in [6.45, 7) is 0. The van der Waals surface area contributed by atoms with Crippen molar-refractivity contribution >= 4 is 11.6 Å². The molecule has 4 aromatic carbocycles. The Kier molecular flexibility index (Phi) is 5.87. The minimum Gasteiger partial charge on any atom is -0.508 e. The smallest absolute Gasteiger partial charge is 0.211 e. The van der Waals surface area contributed by atoms with E-state index >= 15 is 0 Å². The van der Waals surface area contributed by atoms with Crippen LogP contribution in [0.25, 0.3) is 0 Å². The number of rotatable bonds is 4. The molecule has 2 aliphatic rings. The van der Waals surface area contributed by atoms with Crippen molar-refractivity contribution in [3.8, 4) is 51.7 Å². The van der Waals surface area contributed by atoms with Crippen LogP contribution in [-0.4, -0.2) is 37.1 Å². The number of ketones is 2. The Balaban J connectivity index is 1.22. The summed E-state index contributed by atoms with van der Waals surface area (Å²) < 4.78 is 17.4. The van der Waals surface area contributed by atoms with Crippen LogP contribution in [0.4, 0.5) is 0 Å². The molecule has 0 amide bonds. The molecule has 10 nitrogen and oxygen atoms in total. The molecule has 4 aromatic rings. The van der Waals surface area contributed by atoms with E-state index in [-0.39, 0.29) is 70.0 Å². The first-order valence-corrected chi connectivity index (χ1v) is 12.3. The van der Waals surface area contributed by atoms with Gasteiger partial charge in [0, 0.05) is 18.2 Å². The molecule has 2 heterocycles. The number of carbonyl (C=O) groups excluding carboxylic acids is 2. The Hall–Kier alpha value is -5.38. The molecule has 5 N–H and O–H groups in total. The van der Waals surface area contributed by atoms with Gasteiger partial charge < -0.3 is 39.7 Å². The first kappa shape index (κ1) is 24.9. The molecule has 0 saturated carbocycles. The normalized spacial score (nSPS) is 17.8. The molecule has 0 aromatic heterocycles. The van der Waals surface area contributed by atoms with Crippen LogP contribution in [0.3, 0.4) is 0 Å². The van der Waals surface area contributed by atoms with Crippen molar-refractivity contribution in [2.45, 2.75) is 25.0 Å². The summed E-state index contributed by atoms with van der Waals surface area (Å²) in [6, 6.07) is 16.1. The van der Waals surface area contributed by atoms with Crippen LogP contribution in [0, 0.1) is 0 Å². The molecule has 2 unspecified atom stereocenters. The van der Waals surface area contributed by atoms with Crippen molar-refractivity contribution in [1.29, 1.82) is 0 Å². The lowest BCUT2D eigenvalue weighted by molar-refractivity contribution is 0.0833. The fourth-order valence-corrected chi connectivity index (χ4v) is 4.90. The highest BCUT2D eigenvalue weighted by Crippen LogP contribution is 2.50. The van der Waals surface area contributed by atoms with Gasteiger partial charge in [-0.3, -0.25) is 9.59 Å². The van der Waals surface area contributed by atoms with Crippen molar-refractivity contribution in [3.63, 3.8) is 0 Å². The van der Waals surface area contributed by atoms with Gasteiger partial charge in [-0.05, 0) is 35.4 Å². The molecular formula is C30H22O10. The van der Waals surface area contributed by atoms with Gasteiger partial charge in [-0.25, -0.2) is 0 Å². The number of hydrogen-bond acceptors (Lipinski definition) is 10. The second kappa shape index (κ2) is 9.42. The van der Waals surface area contributed by atoms with Gasteiger partial charge in [-0.1, -0.05) is 24.3 Å². The van der Waals surface area contributed by atoms with E-state index in [2.05, 4.69) is 0 Å². The van der Waals surface area contributed by atoms with E-state index in [1.54, 1.807) is 24.3 Å². The Bertz CT molecular complexity index is 1660. The number of phenols is 5. The SMILES string of the molecule is O=C1CC(c2ccc(Oc3c(O)cc4c(c3O)C(=O)CC(c3ccc(O)cc3)O4)cc2)Oc2cc(O)cc(O)c21. The minimum atomic E-state index is -0.683. The van der Waals surface area contributed by atoms with Gasteiger partial charge in [0.05, 0.1) is 12.8 Å². The molecular weight excluding hydrogens is 520 g/mol. The predicted octanol–water partition coefficient (Wildman–Crippen LogP) is 5.42. The summed E-state index contributed by atoms with van der Waals surface area (Å²) in [5, 5.41) is 50.7. The second-order valence-corrected chi connectivity index (χ2v) is 9.51. The topological polar surface area (TPSA) is 163 Å². The highest BCUT2D eigenvalue weighted by atomic mass is 16.5. The zero-order valence-electron chi connectivity index (χ0n) is 20.7. The fourth-order valence-electron chi connectivity index (χ4n) is 4.90. The van der Waals surface area contributed by atoms with Crippen LogP contribution in [-0.2, 0) is 0 Å². The first-order valence-electron chi connectivity index (χ1n) is 12.3. The average molecular weight is 542 g/mol. The fraction of sp³-hybridized carbons (Fsp3) is 0.133. The highest BCUT2D eigenvalue weighted by molar-refractivity contribution is 6.04. The van der Waals surface area contributed by atoms with Gasteiger partial charge in [0.1, 0.15) is 57.8 Å². The lowest BCUT2D eigenvalue weighted by Gasteiger charge is -2.27. The lowest BCUT2D eigenvalue weighted by Crippen LogP contribution is -2.20. The van der Waals surface area contributed by atoms with E-state index in [0.29, 0.717) is 11.1 Å². The molecule has 40 heavy (non-hydrogen) atoms. The Labute approximate surface area is 226 Å². The van der Waals surface area contributed by atoms with Gasteiger partial charge >= 0.3 is 0 Å². The molecule has 0 bridgehead atoms. The molecule has 0 radical (unpaired) electrons. The number of Topliss-reactive ketones (excluding diaryl/α,β-unsaturated/α-hetero) is 2. The summed E-state index contributed by atoms with van der Waals surface area (Å²) in [5.74, 6) is -2.31. The molecule has 2 atom stereocenters. The molecule has 202 valence electrons. The van der Waals surface area contributed by atoms with E-state index in [9.17, 15) is 35.1 Å². The predicted molar refractivity (Wildman–Crippen MR) is 139 cm³/mol. The summed E-state index contributed by atoms with van der Waals surface area (Å²) in [6.07, 6.45) is -1.45. The number of aromatic hydroxyl groups is 5.